The van der Waals surface area contributed by atoms with E-state index in [0.29, 0.717) is 43.4 Å². The predicted molar refractivity (Wildman–Crippen MR) is 187 cm³/mol. The Kier molecular flexibility index (Phi) is 9.20. The fourth-order valence-corrected chi connectivity index (χ4v) is 7.76. The summed E-state index contributed by atoms with van der Waals surface area (Å²) in [6.45, 7) is 1.94. The minimum Gasteiger partial charge on any atom is -0.493 e. The molecule has 46 heavy (non-hydrogen) atoms. The lowest BCUT2D eigenvalue weighted by Gasteiger charge is -2.24. The smallest absolute Gasteiger partial charge is 0.335 e. The van der Waals surface area contributed by atoms with Crippen molar-refractivity contribution in [3.05, 3.63) is 140 Å². The molecule has 1 atom stereocenters. The van der Waals surface area contributed by atoms with Gasteiger partial charge in [-0.2, -0.15) is 0 Å². The molecule has 5 aromatic rings. The minimum absolute atomic E-state index is 0.147. The number of carbonyl (C=O) groups is 2. The molecule has 0 saturated heterocycles. The largest absolute Gasteiger partial charge is 0.493 e. The second-order valence-electron chi connectivity index (χ2n) is 10.2. The van der Waals surface area contributed by atoms with Crippen LogP contribution in [0.15, 0.2) is 105 Å². The van der Waals surface area contributed by atoms with E-state index in [1.165, 1.54) is 35.8 Å². The van der Waals surface area contributed by atoms with Crippen molar-refractivity contribution in [2.45, 2.75) is 19.6 Å². The Morgan fingerprint density at radius 2 is 1.89 bits per heavy atom. The van der Waals surface area contributed by atoms with Crippen molar-refractivity contribution in [2.75, 3.05) is 12.4 Å². The average Bonchev–Trinajstić information content (AvgIpc) is 3.68. The van der Waals surface area contributed by atoms with Crippen molar-refractivity contribution in [3.8, 4) is 11.5 Å². The van der Waals surface area contributed by atoms with Crippen LogP contribution in [0.1, 0.15) is 39.3 Å². The van der Waals surface area contributed by atoms with E-state index in [0.717, 1.165) is 14.0 Å². The van der Waals surface area contributed by atoms with Crippen LogP contribution in [-0.2, 0) is 11.4 Å². The van der Waals surface area contributed by atoms with Gasteiger partial charge >= 0.3 is 5.97 Å². The number of anilines is 1. The molecule has 0 bridgehead atoms. The maximum Gasteiger partial charge on any atom is 0.335 e. The summed E-state index contributed by atoms with van der Waals surface area (Å²) in [5.41, 5.74) is 2.96. The summed E-state index contributed by atoms with van der Waals surface area (Å²) in [7, 11) is 1.53. The average molecular weight is 764 g/mol. The maximum absolute atomic E-state index is 14.0. The molecule has 232 valence electrons. The van der Waals surface area contributed by atoms with Gasteiger partial charge in [0.05, 0.1) is 32.0 Å². The second-order valence-corrected chi connectivity index (χ2v) is 13.4. The fourth-order valence-electron chi connectivity index (χ4n) is 5.11. The van der Waals surface area contributed by atoms with E-state index in [4.69, 9.17) is 14.5 Å². The molecule has 1 amide bonds. The number of carbonyl (C=O) groups excluding carboxylic acids is 1. The van der Waals surface area contributed by atoms with Crippen molar-refractivity contribution in [3.63, 3.8) is 0 Å². The lowest BCUT2D eigenvalue weighted by atomic mass is 10.0. The molecule has 0 saturated carbocycles. The number of halogens is 1. The molecule has 2 N–H and O–H groups in total. The molecule has 0 radical (unpaired) electrons. The number of amides is 1. The van der Waals surface area contributed by atoms with E-state index in [-0.39, 0.29) is 23.6 Å². The Labute approximate surface area is 284 Å². The summed E-state index contributed by atoms with van der Waals surface area (Å²) in [5.74, 6) is -0.353. The van der Waals surface area contributed by atoms with E-state index in [1.54, 1.807) is 41.8 Å². The van der Waals surface area contributed by atoms with Gasteiger partial charge in [-0.05, 0) is 94.6 Å². The molecular formula is C34H26IN3O6S2. The third-order valence-corrected chi connectivity index (χ3v) is 9.93. The van der Waals surface area contributed by atoms with Gasteiger partial charge in [0, 0.05) is 10.6 Å². The number of aromatic nitrogens is 1. The number of fused-ring (bicyclic) bond motifs is 1. The zero-order valence-corrected chi connectivity index (χ0v) is 28.3. The van der Waals surface area contributed by atoms with Gasteiger partial charge in [-0.25, -0.2) is 9.79 Å². The molecule has 9 nitrogen and oxygen atoms in total. The number of para-hydroxylation sites is 1. The standard InChI is InChI=1S/C34H26IN3O6S2/c1-19-28(31(39)37-23-10-4-3-5-11-23)29(26-12-7-13-45-26)38-32(40)27(46-34(38)36-19)17-21-15-24(35)30(25(16-21)43-2)44-18-20-8-6-9-22(14-20)33(41)42/h3-17,29H,18H2,1-2H3,(H,37,39)(H,41,42)/b27-17-/t29-/m0/s1. The van der Waals surface area contributed by atoms with Crippen molar-refractivity contribution in [1.82, 2.24) is 4.57 Å². The number of thiophene rings is 1. The lowest BCUT2D eigenvalue weighted by Crippen LogP contribution is -2.40. The van der Waals surface area contributed by atoms with Crippen LogP contribution < -0.4 is 29.7 Å². The van der Waals surface area contributed by atoms with E-state index in [1.807, 2.05) is 53.9 Å². The zero-order valence-electron chi connectivity index (χ0n) is 24.5. The topological polar surface area (TPSA) is 119 Å². The van der Waals surface area contributed by atoms with E-state index >= 15 is 0 Å². The predicted octanol–water partition coefficient (Wildman–Crippen LogP) is 5.83. The summed E-state index contributed by atoms with van der Waals surface area (Å²) in [4.78, 5) is 45.1. The number of benzene rings is 3. The van der Waals surface area contributed by atoms with Crippen molar-refractivity contribution >= 4 is 68.9 Å². The van der Waals surface area contributed by atoms with Gasteiger partial charge in [-0.15, -0.1) is 11.3 Å². The van der Waals surface area contributed by atoms with Crippen LogP contribution in [-0.4, -0.2) is 28.7 Å². The summed E-state index contributed by atoms with van der Waals surface area (Å²) < 4.78 is 14.5. The molecule has 2 aromatic heterocycles. The first-order chi connectivity index (χ1) is 22.2. The van der Waals surface area contributed by atoms with Crippen molar-refractivity contribution in [2.24, 2.45) is 4.99 Å². The summed E-state index contributed by atoms with van der Waals surface area (Å²) >= 11 is 4.88. The normalized spacial score (nSPS) is 14.4. The van der Waals surface area contributed by atoms with Crippen LogP contribution in [0.25, 0.3) is 6.08 Å². The van der Waals surface area contributed by atoms with Crippen LogP contribution in [0.5, 0.6) is 11.5 Å². The van der Waals surface area contributed by atoms with Crippen LogP contribution in [0, 0.1) is 3.57 Å². The third kappa shape index (κ3) is 6.41. The Hall–Kier alpha value is -4.53. The molecule has 0 unspecified atom stereocenters. The number of hydrogen-bond donors (Lipinski definition) is 2. The van der Waals surface area contributed by atoms with Crippen LogP contribution in [0.3, 0.4) is 0 Å². The number of carboxylic acid groups (broad SMARTS) is 1. The highest BCUT2D eigenvalue weighted by Gasteiger charge is 2.33. The number of aromatic carboxylic acids is 1. The monoisotopic (exact) mass is 763 g/mol. The molecular weight excluding hydrogens is 737 g/mol. The molecule has 1 aliphatic heterocycles. The number of thiazole rings is 1. The molecule has 12 heteroatoms. The highest BCUT2D eigenvalue weighted by Crippen LogP contribution is 2.35. The Balaban J connectivity index is 1.35. The van der Waals surface area contributed by atoms with Gasteiger partial charge in [0.1, 0.15) is 12.6 Å². The number of carboxylic acids is 1. The molecule has 3 aromatic carbocycles. The third-order valence-electron chi connectivity index (χ3n) is 7.22. The fraction of sp³-hybridized carbons (Fsp3) is 0.118. The summed E-state index contributed by atoms with van der Waals surface area (Å²) in [5, 5.41) is 14.2. The SMILES string of the molecule is COc1cc(/C=c2\sc3n(c2=O)[C@@H](c2cccs2)C(C(=O)Nc2ccccc2)=C(C)N=3)cc(I)c1OCc1cccc(C(=O)O)c1. The lowest BCUT2D eigenvalue weighted by molar-refractivity contribution is -0.113. The molecule has 0 aliphatic carbocycles. The minimum atomic E-state index is -1.01. The van der Waals surface area contributed by atoms with Gasteiger partial charge in [0.2, 0.25) is 0 Å². The number of nitrogens with zero attached hydrogens (tertiary/aromatic N) is 2. The highest BCUT2D eigenvalue weighted by molar-refractivity contribution is 14.1. The molecule has 6 rings (SSSR count). The van der Waals surface area contributed by atoms with Crippen LogP contribution >= 0.6 is 45.3 Å². The maximum atomic E-state index is 14.0. The second kappa shape index (κ2) is 13.4. The van der Waals surface area contributed by atoms with E-state index in [9.17, 15) is 19.5 Å². The molecule has 0 fully saturated rings. The van der Waals surface area contributed by atoms with E-state index < -0.39 is 12.0 Å². The first-order valence-electron chi connectivity index (χ1n) is 14.0. The first-order valence-corrected chi connectivity index (χ1v) is 16.8. The first kappa shape index (κ1) is 31.5. The number of allylic oxidation sites excluding steroid dienone is 1. The summed E-state index contributed by atoms with van der Waals surface area (Å²) in [6.07, 6.45) is 1.78. The number of ether oxygens (including phenoxy) is 2. The molecule has 1 aliphatic rings. The zero-order chi connectivity index (χ0) is 32.4. The Morgan fingerprint density at radius 1 is 1.09 bits per heavy atom. The molecule has 3 heterocycles. The number of rotatable bonds is 9. The summed E-state index contributed by atoms with van der Waals surface area (Å²) in [6, 6.07) is 22.6. The van der Waals surface area contributed by atoms with Gasteiger partial charge in [-0.1, -0.05) is 47.7 Å². The van der Waals surface area contributed by atoms with Gasteiger partial charge < -0.3 is 19.9 Å². The van der Waals surface area contributed by atoms with Gasteiger partial charge in [0.15, 0.2) is 16.3 Å². The van der Waals surface area contributed by atoms with Gasteiger partial charge in [-0.3, -0.25) is 14.2 Å². The number of hydrogen-bond acceptors (Lipinski definition) is 8. The number of methoxy groups -OCH3 is 1. The quantitative estimate of drug-likeness (QED) is 0.183. The Morgan fingerprint density at radius 3 is 2.61 bits per heavy atom. The van der Waals surface area contributed by atoms with Crippen molar-refractivity contribution < 1.29 is 24.2 Å². The van der Waals surface area contributed by atoms with E-state index in [2.05, 4.69) is 27.9 Å². The van der Waals surface area contributed by atoms with Crippen LogP contribution in [0.4, 0.5) is 5.69 Å². The number of nitrogens with one attached hydrogen (secondary N) is 1. The van der Waals surface area contributed by atoms with Gasteiger partial charge in [0.25, 0.3) is 11.5 Å². The molecule has 0 spiro atoms. The Bertz CT molecular complexity index is 2170. The highest BCUT2D eigenvalue weighted by atomic mass is 127. The van der Waals surface area contributed by atoms with Crippen molar-refractivity contribution in [1.29, 1.82) is 0 Å². The van der Waals surface area contributed by atoms with Crippen LogP contribution in [0.2, 0.25) is 0 Å².